The summed E-state index contributed by atoms with van der Waals surface area (Å²) >= 11 is 23.5. The summed E-state index contributed by atoms with van der Waals surface area (Å²) in [4.78, 5) is 12.4. The van der Waals surface area contributed by atoms with E-state index in [2.05, 4.69) is 42.5 Å². The highest BCUT2D eigenvalue weighted by molar-refractivity contribution is 9.11. The molecule has 0 atom stereocenters. The number of phenolic OH excluding ortho intramolecular Hbond substituents is 1. The summed E-state index contributed by atoms with van der Waals surface area (Å²) in [7, 11) is 0. The van der Waals surface area contributed by atoms with Gasteiger partial charge in [-0.2, -0.15) is 0 Å². The zero-order valence-electron chi connectivity index (χ0n) is 13.7. The molecular weight excluding hydrogens is 555 g/mol. The van der Waals surface area contributed by atoms with E-state index >= 15 is 0 Å². The number of furan rings is 1. The second-order valence-electron chi connectivity index (χ2n) is 5.49. The third-order valence-corrected chi connectivity index (χ3v) is 5.69. The molecule has 3 rings (SSSR count). The van der Waals surface area contributed by atoms with Gasteiger partial charge in [-0.05, 0) is 86.5 Å². The molecule has 0 radical (unpaired) electrons. The maximum atomic E-state index is 12.4. The maximum absolute atomic E-state index is 12.4. The summed E-state index contributed by atoms with van der Waals surface area (Å²) < 4.78 is 6.52. The smallest absolute Gasteiger partial charge is 0.293 e. The molecule has 28 heavy (non-hydrogen) atoms. The molecule has 0 saturated carbocycles. The van der Waals surface area contributed by atoms with Gasteiger partial charge >= 0.3 is 0 Å². The van der Waals surface area contributed by atoms with Crippen molar-refractivity contribution in [3.8, 4) is 17.1 Å². The monoisotopic (exact) mass is 562 g/mol. The highest BCUT2D eigenvalue weighted by atomic mass is 79.9. The van der Waals surface area contributed by atoms with Crippen molar-refractivity contribution in [1.29, 1.82) is 0 Å². The van der Waals surface area contributed by atoms with Crippen molar-refractivity contribution in [2.75, 3.05) is 5.32 Å². The highest BCUT2D eigenvalue weighted by Crippen LogP contribution is 2.35. The number of amides is 1. The third-order valence-electron chi connectivity index (χ3n) is 3.54. The Bertz CT molecular complexity index is 1070. The maximum Gasteiger partial charge on any atom is 0.293 e. The van der Waals surface area contributed by atoms with Gasteiger partial charge in [0.25, 0.3) is 5.91 Å². The van der Waals surface area contributed by atoms with E-state index in [9.17, 15) is 9.90 Å². The van der Waals surface area contributed by atoms with Crippen LogP contribution in [0.4, 0.5) is 5.69 Å². The van der Waals surface area contributed by atoms with Crippen LogP contribution in [0, 0.1) is 0 Å². The van der Waals surface area contributed by atoms with E-state index in [4.69, 9.17) is 39.8 Å². The number of halogens is 4. The minimum atomic E-state index is -0.513. The number of aromatic hydroxyl groups is 1. The van der Waals surface area contributed by atoms with Crippen LogP contribution in [0.3, 0.4) is 0 Å². The van der Waals surface area contributed by atoms with E-state index in [0.717, 1.165) is 0 Å². The first-order valence-electron chi connectivity index (χ1n) is 7.60. The molecule has 0 aliphatic heterocycles. The minimum absolute atomic E-state index is 0.0610. The van der Waals surface area contributed by atoms with Crippen molar-refractivity contribution < 1.29 is 14.3 Å². The molecule has 144 valence electrons. The summed E-state index contributed by atoms with van der Waals surface area (Å²) in [6.07, 6.45) is 0. The van der Waals surface area contributed by atoms with Gasteiger partial charge in [0.15, 0.2) is 10.9 Å². The summed E-state index contributed by atoms with van der Waals surface area (Å²) in [5.41, 5.74) is 1.26. The topological polar surface area (TPSA) is 74.5 Å². The number of thiocarbonyl (C=S) groups is 1. The summed E-state index contributed by atoms with van der Waals surface area (Å²) in [5.74, 6) is 0.0962. The Kier molecular flexibility index (Phi) is 6.67. The fourth-order valence-corrected chi connectivity index (χ4v) is 3.92. The molecule has 1 heterocycles. The van der Waals surface area contributed by atoms with Gasteiger partial charge in [-0.15, -0.1) is 0 Å². The van der Waals surface area contributed by atoms with Crippen LogP contribution in [-0.4, -0.2) is 16.1 Å². The van der Waals surface area contributed by atoms with Gasteiger partial charge in [-0.1, -0.05) is 23.2 Å². The average Bonchev–Trinajstić information content (AvgIpc) is 3.12. The second-order valence-corrected chi connectivity index (χ2v) is 8.42. The van der Waals surface area contributed by atoms with Crippen molar-refractivity contribution in [1.82, 2.24) is 5.32 Å². The van der Waals surface area contributed by atoms with Crippen molar-refractivity contribution >= 4 is 84.0 Å². The zero-order valence-corrected chi connectivity index (χ0v) is 19.2. The third kappa shape index (κ3) is 4.87. The molecule has 1 amide bonds. The first-order chi connectivity index (χ1) is 13.2. The molecule has 3 N–H and O–H groups in total. The van der Waals surface area contributed by atoms with E-state index in [1.54, 1.807) is 36.4 Å². The van der Waals surface area contributed by atoms with Crippen molar-refractivity contribution in [3.05, 3.63) is 67.2 Å². The lowest BCUT2D eigenvalue weighted by Gasteiger charge is -2.10. The normalized spacial score (nSPS) is 10.6. The van der Waals surface area contributed by atoms with E-state index in [-0.39, 0.29) is 16.6 Å². The summed E-state index contributed by atoms with van der Waals surface area (Å²) in [6.45, 7) is 0. The van der Waals surface area contributed by atoms with Crippen LogP contribution < -0.4 is 10.6 Å². The number of rotatable bonds is 3. The molecule has 5 nitrogen and oxygen atoms in total. The number of benzene rings is 2. The summed E-state index contributed by atoms with van der Waals surface area (Å²) in [5, 5.41) is 16.0. The average molecular weight is 565 g/mol. The predicted molar refractivity (Wildman–Crippen MR) is 121 cm³/mol. The molecule has 0 aliphatic carbocycles. The highest BCUT2D eigenvalue weighted by Gasteiger charge is 2.15. The lowest BCUT2D eigenvalue weighted by atomic mass is 10.2. The number of hydrogen-bond donors (Lipinski definition) is 3. The lowest BCUT2D eigenvalue weighted by Crippen LogP contribution is -2.33. The van der Waals surface area contributed by atoms with Crippen LogP contribution in [0.2, 0.25) is 10.0 Å². The van der Waals surface area contributed by atoms with Crippen LogP contribution in [0.25, 0.3) is 11.3 Å². The van der Waals surface area contributed by atoms with Crippen LogP contribution >= 0.6 is 67.3 Å². The van der Waals surface area contributed by atoms with Crippen LogP contribution in [0.15, 0.2) is 55.8 Å². The molecule has 0 spiro atoms. The first-order valence-corrected chi connectivity index (χ1v) is 10.3. The van der Waals surface area contributed by atoms with Gasteiger partial charge in [-0.3, -0.25) is 10.1 Å². The van der Waals surface area contributed by atoms with Crippen molar-refractivity contribution in [3.63, 3.8) is 0 Å². The predicted octanol–water partition coefficient (Wildman–Crippen LogP) is 6.61. The largest absolute Gasteiger partial charge is 0.506 e. The second kappa shape index (κ2) is 8.84. The molecule has 0 saturated heterocycles. The standard InChI is InChI=1S/C18H10Br2Cl2N2O3S/c19-10-6-9(7-11(20)16(10)25)23-18(28)24-17(26)15-4-3-14(27-15)8-1-2-12(21)13(22)5-8/h1-7,25H,(H2,23,24,26,28). The molecule has 1 aromatic heterocycles. The van der Waals surface area contributed by atoms with E-state index < -0.39 is 5.91 Å². The Morgan fingerprint density at radius 3 is 2.36 bits per heavy atom. The minimum Gasteiger partial charge on any atom is -0.506 e. The molecule has 0 aliphatic rings. The zero-order chi connectivity index (χ0) is 20.4. The van der Waals surface area contributed by atoms with Crippen LogP contribution in [0.1, 0.15) is 10.6 Å². The Hall–Kier alpha value is -1.58. The number of hydrogen-bond acceptors (Lipinski definition) is 4. The van der Waals surface area contributed by atoms with Crippen molar-refractivity contribution in [2.45, 2.75) is 0 Å². The molecule has 2 aromatic carbocycles. The number of phenols is 1. The Morgan fingerprint density at radius 1 is 1.04 bits per heavy atom. The van der Waals surface area contributed by atoms with Crippen LogP contribution in [0.5, 0.6) is 5.75 Å². The number of carbonyl (C=O) groups is 1. The molecular formula is C18H10Br2Cl2N2O3S. The number of carbonyl (C=O) groups excluding carboxylic acids is 1. The SMILES string of the molecule is O=C(NC(=S)Nc1cc(Br)c(O)c(Br)c1)c1ccc(-c2ccc(Cl)c(Cl)c2)o1. The van der Waals surface area contributed by atoms with E-state index in [1.807, 2.05) is 0 Å². The number of anilines is 1. The molecule has 0 bridgehead atoms. The van der Waals surface area contributed by atoms with Crippen molar-refractivity contribution in [2.24, 2.45) is 0 Å². The Morgan fingerprint density at radius 2 is 1.71 bits per heavy atom. The number of nitrogens with one attached hydrogen (secondary N) is 2. The molecule has 0 fully saturated rings. The fraction of sp³-hybridized carbons (Fsp3) is 0. The molecule has 0 unspecified atom stereocenters. The van der Waals surface area contributed by atoms with Gasteiger partial charge in [-0.25, -0.2) is 0 Å². The van der Waals surface area contributed by atoms with Gasteiger partial charge < -0.3 is 14.8 Å². The summed E-state index contributed by atoms with van der Waals surface area (Å²) in [6, 6.07) is 11.5. The van der Waals surface area contributed by atoms with Gasteiger partial charge in [0.05, 0.1) is 19.0 Å². The Labute approximate surface area is 192 Å². The van der Waals surface area contributed by atoms with Gasteiger partial charge in [0.1, 0.15) is 11.5 Å². The molecule has 3 aromatic rings. The van der Waals surface area contributed by atoms with E-state index in [0.29, 0.717) is 36.0 Å². The lowest BCUT2D eigenvalue weighted by molar-refractivity contribution is 0.0951. The van der Waals surface area contributed by atoms with Gasteiger partial charge in [0.2, 0.25) is 0 Å². The fourth-order valence-electron chi connectivity index (χ4n) is 2.23. The molecule has 10 heteroatoms. The quantitative estimate of drug-likeness (QED) is 0.246. The van der Waals surface area contributed by atoms with Crippen LogP contribution in [-0.2, 0) is 0 Å². The Balaban J connectivity index is 1.69. The van der Waals surface area contributed by atoms with E-state index in [1.165, 1.54) is 6.07 Å². The first kappa shape index (κ1) is 21.1. The van der Waals surface area contributed by atoms with Gasteiger partial charge in [0, 0.05) is 11.3 Å².